The van der Waals surface area contributed by atoms with Crippen molar-refractivity contribution in [2.75, 3.05) is 26.0 Å². The summed E-state index contributed by atoms with van der Waals surface area (Å²) in [6.45, 7) is 4.30. The molecule has 0 aliphatic heterocycles. The van der Waals surface area contributed by atoms with Crippen LogP contribution < -0.4 is 20.1 Å². The maximum Gasteiger partial charge on any atom is 0.387 e. The number of rotatable bonds is 9. The summed E-state index contributed by atoms with van der Waals surface area (Å²) in [5.41, 5.74) is 0.455. The number of alkyl halides is 2. The van der Waals surface area contributed by atoms with E-state index in [0.29, 0.717) is 18.1 Å². The topological polar surface area (TPSA) is 89.0 Å². The second-order valence-corrected chi connectivity index (χ2v) is 9.70. The molecular weight excluding hydrogens is 392 g/mol. The number of para-hydroxylation sites is 1. The average molecular weight is 422 g/mol. The lowest BCUT2D eigenvalue weighted by atomic mass is 10.2. The van der Waals surface area contributed by atoms with E-state index in [0.717, 1.165) is 0 Å². The number of hydrogen-bond acceptors (Lipinski definition) is 5. The average Bonchev–Trinajstić information content (AvgIpc) is 2.58. The standard InChI is InChI=1S/C18H29F2N3O4S/c1-6-26-14-9-7-8-13(15(14)27-16(19)20)12-23-17(21-5)22-10-11-28(24,25)18(2,3)4/h7-9,16H,6,10-12H2,1-5H3,(H2,21,22,23). The van der Waals surface area contributed by atoms with E-state index in [1.54, 1.807) is 45.9 Å². The number of guanidine groups is 1. The molecule has 0 fully saturated rings. The van der Waals surface area contributed by atoms with Crippen LogP contribution in [-0.2, 0) is 16.4 Å². The summed E-state index contributed by atoms with van der Waals surface area (Å²) in [7, 11) is -1.74. The van der Waals surface area contributed by atoms with Crippen molar-refractivity contribution in [3.8, 4) is 11.5 Å². The van der Waals surface area contributed by atoms with Gasteiger partial charge in [0.2, 0.25) is 0 Å². The molecule has 0 saturated carbocycles. The third-order valence-electron chi connectivity index (χ3n) is 3.83. The van der Waals surface area contributed by atoms with Crippen LogP contribution in [0, 0.1) is 0 Å². The minimum atomic E-state index is -3.27. The van der Waals surface area contributed by atoms with Crippen molar-refractivity contribution in [2.45, 2.75) is 45.6 Å². The van der Waals surface area contributed by atoms with Gasteiger partial charge in [-0.25, -0.2) is 8.42 Å². The van der Waals surface area contributed by atoms with Gasteiger partial charge in [0, 0.05) is 25.7 Å². The highest BCUT2D eigenvalue weighted by Crippen LogP contribution is 2.32. The van der Waals surface area contributed by atoms with Crippen LogP contribution >= 0.6 is 0 Å². The van der Waals surface area contributed by atoms with Gasteiger partial charge in [0.05, 0.1) is 17.1 Å². The Bertz CT molecular complexity index is 763. The molecule has 0 aromatic heterocycles. The first kappa shape index (κ1) is 23.9. The number of nitrogens with zero attached hydrogens (tertiary/aromatic N) is 1. The highest BCUT2D eigenvalue weighted by atomic mass is 32.2. The molecule has 0 atom stereocenters. The van der Waals surface area contributed by atoms with E-state index in [-0.39, 0.29) is 30.3 Å². The van der Waals surface area contributed by atoms with Crippen molar-refractivity contribution in [1.29, 1.82) is 0 Å². The van der Waals surface area contributed by atoms with E-state index in [9.17, 15) is 17.2 Å². The number of aliphatic imine (C=N–C) groups is 1. The van der Waals surface area contributed by atoms with Crippen molar-refractivity contribution in [3.63, 3.8) is 0 Å². The van der Waals surface area contributed by atoms with Crippen LogP contribution in [0.4, 0.5) is 8.78 Å². The molecule has 10 heteroatoms. The van der Waals surface area contributed by atoms with Gasteiger partial charge in [-0.15, -0.1) is 0 Å². The molecule has 1 aromatic carbocycles. The zero-order chi connectivity index (χ0) is 21.4. The number of hydrogen-bond donors (Lipinski definition) is 2. The molecule has 0 amide bonds. The molecule has 0 aliphatic rings. The Morgan fingerprint density at radius 1 is 1.25 bits per heavy atom. The zero-order valence-electron chi connectivity index (χ0n) is 16.9. The molecular formula is C18H29F2N3O4S. The maximum absolute atomic E-state index is 12.8. The molecule has 0 saturated heterocycles. The van der Waals surface area contributed by atoms with Crippen LogP contribution in [0.15, 0.2) is 23.2 Å². The van der Waals surface area contributed by atoms with E-state index < -0.39 is 21.2 Å². The second kappa shape index (κ2) is 10.4. The Morgan fingerprint density at radius 2 is 1.93 bits per heavy atom. The lowest BCUT2D eigenvalue weighted by Gasteiger charge is -2.20. The van der Waals surface area contributed by atoms with Crippen LogP contribution in [0.2, 0.25) is 0 Å². The number of nitrogens with one attached hydrogen (secondary N) is 2. The largest absolute Gasteiger partial charge is 0.490 e. The van der Waals surface area contributed by atoms with Gasteiger partial charge in [-0.3, -0.25) is 4.99 Å². The lowest BCUT2D eigenvalue weighted by Crippen LogP contribution is -2.41. The quantitative estimate of drug-likeness (QED) is 0.471. The van der Waals surface area contributed by atoms with Crippen LogP contribution in [0.1, 0.15) is 33.3 Å². The van der Waals surface area contributed by atoms with Gasteiger partial charge < -0.3 is 20.1 Å². The summed E-state index contributed by atoms with van der Waals surface area (Å²) in [4.78, 5) is 4.01. The molecule has 0 bridgehead atoms. The molecule has 0 aliphatic carbocycles. The van der Waals surface area contributed by atoms with Gasteiger partial charge in [-0.05, 0) is 33.8 Å². The van der Waals surface area contributed by atoms with Crippen molar-refractivity contribution >= 4 is 15.8 Å². The Kier molecular flexibility index (Phi) is 8.93. The van der Waals surface area contributed by atoms with E-state index >= 15 is 0 Å². The molecule has 0 spiro atoms. The van der Waals surface area contributed by atoms with Gasteiger partial charge in [0.1, 0.15) is 0 Å². The van der Waals surface area contributed by atoms with E-state index in [2.05, 4.69) is 20.4 Å². The number of sulfone groups is 1. The highest BCUT2D eigenvalue weighted by molar-refractivity contribution is 7.92. The summed E-state index contributed by atoms with van der Waals surface area (Å²) in [6, 6.07) is 4.85. The van der Waals surface area contributed by atoms with E-state index in [1.807, 2.05) is 0 Å². The van der Waals surface area contributed by atoms with Gasteiger partial charge >= 0.3 is 6.61 Å². The van der Waals surface area contributed by atoms with Crippen LogP contribution in [-0.4, -0.2) is 51.7 Å². The van der Waals surface area contributed by atoms with Gasteiger partial charge in [0.25, 0.3) is 0 Å². The molecule has 0 unspecified atom stereocenters. The number of benzene rings is 1. The fraction of sp³-hybridized carbons (Fsp3) is 0.611. The van der Waals surface area contributed by atoms with Gasteiger partial charge in [-0.1, -0.05) is 12.1 Å². The summed E-state index contributed by atoms with van der Waals surface area (Å²) in [6.07, 6.45) is 0. The third kappa shape index (κ3) is 7.14. The summed E-state index contributed by atoms with van der Waals surface area (Å²) in [5, 5.41) is 5.86. The minimum Gasteiger partial charge on any atom is -0.490 e. The zero-order valence-corrected chi connectivity index (χ0v) is 17.7. The van der Waals surface area contributed by atoms with E-state index in [1.165, 1.54) is 7.05 Å². The molecule has 1 rings (SSSR count). The molecule has 160 valence electrons. The molecule has 7 nitrogen and oxygen atoms in total. The Labute approximate surface area is 165 Å². The van der Waals surface area contributed by atoms with Crippen LogP contribution in [0.3, 0.4) is 0 Å². The van der Waals surface area contributed by atoms with Crippen molar-refractivity contribution in [3.05, 3.63) is 23.8 Å². The van der Waals surface area contributed by atoms with Crippen molar-refractivity contribution in [1.82, 2.24) is 10.6 Å². The first-order chi connectivity index (χ1) is 13.0. The fourth-order valence-electron chi connectivity index (χ4n) is 2.20. The molecule has 0 heterocycles. The Morgan fingerprint density at radius 3 is 2.46 bits per heavy atom. The molecule has 0 radical (unpaired) electrons. The SMILES string of the molecule is CCOc1cccc(CNC(=NC)NCCS(=O)(=O)C(C)(C)C)c1OC(F)F. The first-order valence-corrected chi connectivity index (χ1v) is 10.5. The fourth-order valence-corrected chi connectivity index (χ4v) is 3.19. The first-order valence-electron chi connectivity index (χ1n) is 8.88. The summed E-state index contributed by atoms with van der Waals surface area (Å²) in [5.74, 6) is 0.462. The van der Waals surface area contributed by atoms with Crippen molar-refractivity contribution in [2.24, 2.45) is 4.99 Å². The van der Waals surface area contributed by atoms with E-state index in [4.69, 9.17) is 4.74 Å². The smallest absolute Gasteiger partial charge is 0.387 e. The van der Waals surface area contributed by atoms with Crippen molar-refractivity contribution < 1.29 is 26.7 Å². The molecule has 1 aromatic rings. The molecule has 28 heavy (non-hydrogen) atoms. The van der Waals surface area contributed by atoms with Crippen LogP contribution in [0.5, 0.6) is 11.5 Å². The Hall–Kier alpha value is -2.10. The lowest BCUT2D eigenvalue weighted by molar-refractivity contribution is -0.0520. The highest BCUT2D eigenvalue weighted by Gasteiger charge is 2.28. The third-order valence-corrected chi connectivity index (χ3v) is 6.44. The minimum absolute atomic E-state index is 0.0439. The number of halogens is 2. The summed E-state index contributed by atoms with van der Waals surface area (Å²) >= 11 is 0. The predicted molar refractivity (Wildman–Crippen MR) is 106 cm³/mol. The maximum atomic E-state index is 12.8. The summed E-state index contributed by atoms with van der Waals surface area (Å²) < 4.78 is 59.0. The van der Waals surface area contributed by atoms with Crippen LogP contribution in [0.25, 0.3) is 0 Å². The monoisotopic (exact) mass is 421 g/mol. The Balaban J connectivity index is 2.77. The normalized spacial score (nSPS) is 12.8. The predicted octanol–water partition coefficient (Wildman–Crippen LogP) is 2.57. The molecule has 2 N–H and O–H groups in total. The number of ether oxygens (including phenoxy) is 2. The van der Waals surface area contributed by atoms with Gasteiger partial charge in [-0.2, -0.15) is 8.78 Å². The van der Waals surface area contributed by atoms with Gasteiger partial charge in [0.15, 0.2) is 27.3 Å². The second-order valence-electron chi connectivity index (χ2n) is 6.84.